The van der Waals surface area contributed by atoms with Crippen molar-refractivity contribution in [3.05, 3.63) is 35.4 Å². The van der Waals surface area contributed by atoms with E-state index in [2.05, 4.69) is 0 Å². The van der Waals surface area contributed by atoms with Crippen LogP contribution in [0.5, 0.6) is 0 Å². The predicted octanol–water partition coefficient (Wildman–Crippen LogP) is 1.22. The molecule has 0 spiro atoms. The highest BCUT2D eigenvalue weighted by atomic mass is 16.4. The summed E-state index contributed by atoms with van der Waals surface area (Å²) in [6.07, 6.45) is 0.808. The van der Waals surface area contributed by atoms with Gasteiger partial charge in [0.1, 0.15) is 6.10 Å². The second kappa shape index (κ2) is 4.47. The molecule has 1 aliphatic carbocycles. The zero-order chi connectivity index (χ0) is 12.5. The molecule has 0 bridgehead atoms. The van der Waals surface area contributed by atoms with Crippen LogP contribution in [0.4, 0.5) is 0 Å². The zero-order valence-corrected chi connectivity index (χ0v) is 9.47. The van der Waals surface area contributed by atoms with E-state index in [9.17, 15) is 9.90 Å². The number of carboxylic acids is 1. The molecule has 0 saturated heterocycles. The third-order valence-electron chi connectivity index (χ3n) is 3.41. The van der Waals surface area contributed by atoms with E-state index < -0.39 is 12.1 Å². The van der Waals surface area contributed by atoms with Gasteiger partial charge >= 0.3 is 5.97 Å². The maximum absolute atomic E-state index is 10.9. The number of aliphatic carboxylic acids is 1. The molecule has 1 aromatic carbocycles. The van der Waals surface area contributed by atoms with E-state index in [0.717, 1.165) is 18.4 Å². The minimum absolute atomic E-state index is 0.0855. The molecule has 0 amide bonds. The molecule has 1 fully saturated rings. The first kappa shape index (κ1) is 12.1. The average molecular weight is 236 g/mol. The van der Waals surface area contributed by atoms with Crippen LogP contribution in [-0.2, 0) is 10.2 Å². The van der Waals surface area contributed by atoms with Gasteiger partial charge in [0.25, 0.3) is 0 Å². The molecule has 0 heterocycles. The number of rotatable bonds is 5. The Kier molecular flexibility index (Phi) is 3.17. The highest BCUT2D eigenvalue weighted by Crippen LogP contribution is 2.52. The van der Waals surface area contributed by atoms with Gasteiger partial charge in [-0.1, -0.05) is 24.3 Å². The Morgan fingerprint density at radius 3 is 2.53 bits per heavy atom. The molecule has 2 rings (SSSR count). The number of carboxylic acid groups (broad SMARTS) is 1. The number of aliphatic hydroxyl groups is 2. The average Bonchev–Trinajstić information content (AvgIpc) is 3.08. The fourth-order valence-electron chi connectivity index (χ4n) is 2.35. The highest BCUT2D eigenvalue weighted by Gasteiger charge is 2.47. The fourth-order valence-corrected chi connectivity index (χ4v) is 2.35. The zero-order valence-electron chi connectivity index (χ0n) is 9.47. The standard InChI is InChI=1S/C13H16O4/c14-8-11(15)9-3-1-2-4-10(9)13(5-6-13)7-12(16)17/h1-4,11,14-15H,5-8H2,(H,16,17). The Labute approximate surface area is 99.5 Å². The Morgan fingerprint density at radius 2 is 2.00 bits per heavy atom. The molecule has 17 heavy (non-hydrogen) atoms. The number of carbonyl (C=O) groups is 1. The summed E-state index contributed by atoms with van der Waals surface area (Å²) >= 11 is 0. The summed E-state index contributed by atoms with van der Waals surface area (Å²) < 4.78 is 0. The minimum Gasteiger partial charge on any atom is -0.481 e. The van der Waals surface area contributed by atoms with Gasteiger partial charge in [0.15, 0.2) is 0 Å². The fraction of sp³-hybridized carbons (Fsp3) is 0.462. The third-order valence-corrected chi connectivity index (χ3v) is 3.41. The van der Waals surface area contributed by atoms with Crippen molar-refractivity contribution >= 4 is 5.97 Å². The van der Waals surface area contributed by atoms with Crippen molar-refractivity contribution in [3.8, 4) is 0 Å². The van der Waals surface area contributed by atoms with Crippen LogP contribution in [0.2, 0.25) is 0 Å². The molecule has 1 saturated carbocycles. The molecule has 1 aliphatic rings. The van der Waals surface area contributed by atoms with Gasteiger partial charge < -0.3 is 15.3 Å². The van der Waals surface area contributed by atoms with Crippen molar-refractivity contribution in [2.24, 2.45) is 0 Å². The number of aliphatic hydroxyl groups excluding tert-OH is 2. The molecule has 3 N–H and O–H groups in total. The largest absolute Gasteiger partial charge is 0.481 e. The van der Waals surface area contributed by atoms with E-state index in [1.54, 1.807) is 12.1 Å². The topological polar surface area (TPSA) is 77.8 Å². The summed E-state index contributed by atoms with van der Waals surface area (Å²) in [6.45, 7) is -0.347. The quantitative estimate of drug-likeness (QED) is 0.718. The Bertz CT molecular complexity index is 423. The van der Waals surface area contributed by atoms with E-state index in [1.807, 2.05) is 12.1 Å². The lowest BCUT2D eigenvalue weighted by Gasteiger charge is -2.20. The molecule has 1 atom stereocenters. The summed E-state index contributed by atoms with van der Waals surface area (Å²) in [5, 5.41) is 27.7. The van der Waals surface area contributed by atoms with Crippen LogP contribution in [0.15, 0.2) is 24.3 Å². The lowest BCUT2D eigenvalue weighted by molar-refractivity contribution is -0.137. The molecule has 1 aromatic rings. The number of hydrogen-bond donors (Lipinski definition) is 3. The SMILES string of the molecule is O=C(O)CC1(c2ccccc2C(O)CO)CC1. The molecule has 4 heteroatoms. The van der Waals surface area contributed by atoms with Crippen LogP contribution in [0.3, 0.4) is 0 Å². The van der Waals surface area contributed by atoms with E-state index in [4.69, 9.17) is 10.2 Å². The van der Waals surface area contributed by atoms with Crippen LogP contribution in [0.25, 0.3) is 0 Å². The molecular weight excluding hydrogens is 220 g/mol. The van der Waals surface area contributed by atoms with Gasteiger partial charge in [-0.2, -0.15) is 0 Å². The number of hydrogen-bond acceptors (Lipinski definition) is 3. The van der Waals surface area contributed by atoms with Gasteiger partial charge in [0.05, 0.1) is 13.0 Å². The molecular formula is C13H16O4. The lowest BCUT2D eigenvalue weighted by Crippen LogP contribution is -2.17. The first-order chi connectivity index (χ1) is 8.09. The molecule has 0 aliphatic heterocycles. The van der Waals surface area contributed by atoms with Crippen LogP contribution in [-0.4, -0.2) is 27.9 Å². The predicted molar refractivity (Wildman–Crippen MR) is 61.7 cm³/mol. The summed E-state index contributed by atoms with van der Waals surface area (Å²) in [5.41, 5.74) is 1.18. The maximum Gasteiger partial charge on any atom is 0.304 e. The van der Waals surface area contributed by atoms with Crippen molar-refractivity contribution in [3.63, 3.8) is 0 Å². The second-order valence-electron chi connectivity index (χ2n) is 4.64. The van der Waals surface area contributed by atoms with Crippen LogP contribution >= 0.6 is 0 Å². The monoisotopic (exact) mass is 236 g/mol. The molecule has 0 radical (unpaired) electrons. The Balaban J connectivity index is 2.35. The molecule has 92 valence electrons. The van der Waals surface area contributed by atoms with Gasteiger partial charge in [0.2, 0.25) is 0 Å². The maximum atomic E-state index is 10.9. The van der Waals surface area contributed by atoms with Gasteiger partial charge in [-0.25, -0.2) is 0 Å². The van der Waals surface area contributed by atoms with Gasteiger partial charge in [0, 0.05) is 5.41 Å². The first-order valence-electron chi connectivity index (χ1n) is 5.69. The van der Waals surface area contributed by atoms with Crippen molar-refractivity contribution in [2.75, 3.05) is 6.61 Å². The highest BCUT2D eigenvalue weighted by molar-refractivity contribution is 5.70. The lowest BCUT2D eigenvalue weighted by atomic mass is 9.87. The normalized spacial score (nSPS) is 18.7. The van der Waals surface area contributed by atoms with Crippen molar-refractivity contribution in [1.82, 2.24) is 0 Å². The smallest absolute Gasteiger partial charge is 0.304 e. The Morgan fingerprint density at radius 1 is 1.35 bits per heavy atom. The second-order valence-corrected chi connectivity index (χ2v) is 4.64. The van der Waals surface area contributed by atoms with E-state index in [0.29, 0.717) is 5.56 Å². The van der Waals surface area contributed by atoms with Gasteiger partial charge in [-0.3, -0.25) is 4.79 Å². The molecule has 0 aromatic heterocycles. The van der Waals surface area contributed by atoms with E-state index in [1.165, 1.54) is 0 Å². The van der Waals surface area contributed by atoms with Crippen LogP contribution < -0.4 is 0 Å². The molecule has 1 unspecified atom stereocenters. The Hall–Kier alpha value is -1.39. The van der Waals surface area contributed by atoms with Gasteiger partial charge in [-0.05, 0) is 24.0 Å². The van der Waals surface area contributed by atoms with Crippen LogP contribution in [0, 0.1) is 0 Å². The van der Waals surface area contributed by atoms with Crippen molar-refractivity contribution in [1.29, 1.82) is 0 Å². The van der Waals surface area contributed by atoms with Crippen molar-refractivity contribution < 1.29 is 20.1 Å². The summed E-state index contributed by atoms with van der Waals surface area (Å²) in [5.74, 6) is -0.823. The molecule has 4 nitrogen and oxygen atoms in total. The first-order valence-corrected chi connectivity index (χ1v) is 5.69. The van der Waals surface area contributed by atoms with E-state index in [-0.39, 0.29) is 18.4 Å². The van der Waals surface area contributed by atoms with Crippen LogP contribution in [0.1, 0.15) is 36.5 Å². The van der Waals surface area contributed by atoms with Gasteiger partial charge in [-0.15, -0.1) is 0 Å². The third kappa shape index (κ3) is 2.33. The summed E-state index contributed by atoms with van der Waals surface area (Å²) in [4.78, 5) is 10.9. The minimum atomic E-state index is -0.933. The van der Waals surface area contributed by atoms with E-state index >= 15 is 0 Å². The summed E-state index contributed by atoms with van der Waals surface area (Å²) in [7, 11) is 0. The van der Waals surface area contributed by atoms with Crippen molar-refractivity contribution in [2.45, 2.75) is 30.8 Å². The number of benzene rings is 1. The summed E-state index contributed by atoms with van der Waals surface area (Å²) in [6, 6.07) is 7.22.